The van der Waals surface area contributed by atoms with Crippen molar-refractivity contribution < 1.29 is 106 Å². The third-order valence-corrected chi connectivity index (χ3v) is 2.57. The molecule has 0 aromatic heterocycles. The van der Waals surface area contributed by atoms with Crippen molar-refractivity contribution in [1.82, 2.24) is 0 Å². The van der Waals surface area contributed by atoms with Crippen molar-refractivity contribution in [2.75, 3.05) is 0 Å². The average molecular weight is 426 g/mol. The first-order valence-corrected chi connectivity index (χ1v) is 6.34. The molecule has 0 heterocycles. The first-order chi connectivity index (χ1) is 11.6. The number of rotatable bonds is 10. The molecule has 0 spiro atoms. The van der Waals surface area contributed by atoms with Gasteiger partial charge in [0, 0.05) is 0 Å². The number of hydrogen-bond acceptors (Lipinski definition) is 8. The van der Waals surface area contributed by atoms with Crippen LogP contribution in [0.2, 0.25) is 0 Å². The topological polar surface area (TPSA) is 296 Å². The SMILES string of the molecule is O.O=C(O)CC(O)(CC(=O)O)C(=O)O.O=C(O)CC(O)(CC(=O)O)C(=O)O.[H-].[Na+]. The molecule has 0 bridgehead atoms. The number of carboxylic acid groups (broad SMARTS) is 6. The van der Waals surface area contributed by atoms with Gasteiger partial charge in [-0.1, -0.05) is 0 Å². The largest absolute Gasteiger partial charge is 1.00 e. The number of hydrogen-bond donors (Lipinski definition) is 8. The molecule has 0 amide bonds. The second-order valence-electron chi connectivity index (χ2n) is 4.96. The maximum atomic E-state index is 10.3. The maximum Gasteiger partial charge on any atom is 1.00 e. The van der Waals surface area contributed by atoms with Gasteiger partial charge in [0.25, 0.3) is 0 Å². The summed E-state index contributed by atoms with van der Waals surface area (Å²) in [6.07, 6.45) is -4.58. The van der Waals surface area contributed by atoms with Crippen molar-refractivity contribution in [1.29, 1.82) is 0 Å². The van der Waals surface area contributed by atoms with Crippen LogP contribution in [-0.2, 0) is 28.8 Å². The molecule has 0 saturated heterocycles. The fraction of sp³-hybridized carbons (Fsp3) is 0.500. The summed E-state index contributed by atoms with van der Waals surface area (Å²) in [5, 5.41) is 67.6. The van der Waals surface area contributed by atoms with E-state index >= 15 is 0 Å². The molecule has 0 atom stereocenters. The van der Waals surface area contributed by atoms with E-state index in [4.69, 9.17) is 40.9 Å². The number of carbonyl (C=O) groups is 6. The zero-order valence-electron chi connectivity index (χ0n) is 15.4. The molecule has 0 aromatic rings. The smallest absolute Gasteiger partial charge is 1.00 e. The normalized spacial score (nSPS) is 10.1. The van der Waals surface area contributed by atoms with E-state index in [1.54, 1.807) is 0 Å². The zero-order chi connectivity index (χ0) is 21.3. The first kappa shape index (κ1) is 33.3. The van der Waals surface area contributed by atoms with Gasteiger partial charge in [-0.25, -0.2) is 9.59 Å². The Labute approximate surface area is 178 Å². The van der Waals surface area contributed by atoms with Gasteiger partial charge < -0.3 is 47.8 Å². The third-order valence-electron chi connectivity index (χ3n) is 2.57. The predicted molar refractivity (Wildman–Crippen MR) is 78.9 cm³/mol. The molecule has 0 aliphatic carbocycles. The molecule has 15 nitrogen and oxygen atoms in total. The Balaban J connectivity index is -0.000000120. The first-order valence-electron chi connectivity index (χ1n) is 6.34. The Morgan fingerprint density at radius 2 is 0.679 bits per heavy atom. The summed E-state index contributed by atoms with van der Waals surface area (Å²) in [5.41, 5.74) is -5.48. The summed E-state index contributed by atoms with van der Waals surface area (Å²) in [5.74, 6) is -10.0. The van der Waals surface area contributed by atoms with E-state index in [9.17, 15) is 28.8 Å². The quantitative estimate of drug-likeness (QED) is 0.151. The summed E-state index contributed by atoms with van der Waals surface area (Å²) in [4.78, 5) is 61.0. The summed E-state index contributed by atoms with van der Waals surface area (Å²) < 4.78 is 0. The maximum absolute atomic E-state index is 10.3. The summed E-state index contributed by atoms with van der Waals surface area (Å²) in [6.45, 7) is 0. The number of aliphatic hydroxyl groups is 2. The van der Waals surface area contributed by atoms with Gasteiger partial charge in [0.2, 0.25) is 0 Å². The third kappa shape index (κ3) is 13.8. The molecular weight excluding hydrogens is 407 g/mol. The van der Waals surface area contributed by atoms with Gasteiger partial charge >= 0.3 is 65.4 Å². The van der Waals surface area contributed by atoms with Gasteiger partial charge in [-0.05, 0) is 0 Å². The minimum atomic E-state index is -2.74. The molecule has 0 aliphatic rings. The van der Waals surface area contributed by atoms with Crippen molar-refractivity contribution in [2.45, 2.75) is 36.9 Å². The number of carboxylic acids is 6. The van der Waals surface area contributed by atoms with Crippen molar-refractivity contribution in [3.63, 3.8) is 0 Å². The van der Waals surface area contributed by atoms with Gasteiger partial charge in [-0.3, -0.25) is 19.2 Å². The molecule has 16 heteroatoms. The Morgan fingerprint density at radius 1 is 0.536 bits per heavy atom. The van der Waals surface area contributed by atoms with Crippen LogP contribution in [0.3, 0.4) is 0 Å². The monoisotopic (exact) mass is 426 g/mol. The molecule has 0 fully saturated rings. The molecule has 0 aromatic carbocycles. The Bertz CT molecular complexity index is 520. The zero-order valence-corrected chi connectivity index (χ0v) is 16.4. The second kappa shape index (κ2) is 13.8. The second-order valence-corrected chi connectivity index (χ2v) is 4.96. The Morgan fingerprint density at radius 3 is 0.750 bits per heavy atom. The molecule has 28 heavy (non-hydrogen) atoms. The Hall–Kier alpha value is -2.30. The van der Waals surface area contributed by atoms with Gasteiger partial charge in [0.15, 0.2) is 11.2 Å². The van der Waals surface area contributed by atoms with E-state index in [-0.39, 0.29) is 36.5 Å². The summed E-state index contributed by atoms with van der Waals surface area (Å²) >= 11 is 0. The fourth-order valence-electron chi connectivity index (χ4n) is 1.43. The Kier molecular flexibility index (Phi) is 16.4. The standard InChI is InChI=1S/2C6H8O7.Na.H2O.H/c2*7-3(8)1-6(13,5(11)12)2-4(9)10;;;/h2*13H,1-2H2,(H,7,8)(H,9,10)(H,11,12);;1H2;/q;;+1;;-1. The van der Waals surface area contributed by atoms with Crippen LogP contribution in [0.4, 0.5) is 0 Å². The van der Waals surface area contributed by atoms with E-state index in [0.29, 0.717) is 0 Å². The van der Waals surface area contributed by atoms with E-state index < -0.39 is 72.7 Å². The molecule has 0 saturated carbocycles. The van der Waals surface area contributed by atoms with Crippen molar-refractivity contribution in [2.24, 2.45) is 0 Å². The van der Waals surface area contributed by atoms with Crippen LogP contribution >= 0.6 is 0 Å². The van der Waals surface area contributed by atoms with E-state index in [2.05, 4.69) is 0 Å². The van der Waals surface area contributed by atoms with Crippen molar-refractivity contribution >= 4 is 35.8 Å². The fourth-order valence-corrected chi connectivity index (χ4v) is 1.43. The molecule has 0 aliphatic heterocycles. The minimum absolute atomic E-state index is 0. The van der Waals surface area contributed by atoms with Crippen LogP contribution in [0.15, 0.2) is 0 Å². The van der Waals surface area contributed by atoms with Gasteiger partial charge in [0.05, 0.1) is 25.7 Å². The van der Waals surface area contributed by atoms with Crippen molar-refractivity contribution in [3.05, 3.63) is 0 Å². The van der Waals surface area contributed by atoms with Crippen LogP contribution < -0.4 is 29.6 Å². The summed E-state index contributed by atoms with van der Waals surface area (Å²) in [7, 11) is 0. The van der Waals surface area contributed by atoms with Crippen LogP contribution in [0.5, 0.6) is 0 Å². The van der Waals surface area contributed by atoms with Crippen molar-refractivity contribution in [3.8, 4) is 0 Å². The van der Waals surface area contributed by atoms with Gasteiger partial charge in [-0.15, -0.1) is 0 Å². The molecule has 158 valence electrons. The minimum Gasteiger partial charge on any atom is -1.00 e. The van der Waals surface area contributed by atoms with Crippen LogP contribution in [0.1, 0.15) is 27.1 Å². The van der Waals surface area contributed by atoms with Gasteiger partial charge in [0.1, 0.15) is 0 Å². The van der Waals surface area contributed by atoms with E-state index in [1.165, 1.54) is 0 Å². The average Bonchev–Trinajstić information content (AvgIpc) is 2.34. The summed E-state index contributed by atoms with van der Waals surface area (Å²) in [6, 6.07) is 0. The van der Waals surface area contributed by atoms with Crippen LogP contribution in [0, 0.1) is 0 Å². The predicted octanol–water partition coefficient (Wildman–Crippen LogP) is -6.21. The molecule has 10 N–H and O–H groups in total. The van der Waals surface area contributed by atoms with E-state index in [0.717, 1.165) is 0 Å². The molecule has 0 radical (unpaired) electrons. The molecular formula is C12H19NaO15. The number of aliphatic carboxylic acids is 6. The molecule has 0 rings (SSSR count). The molecule has 0 unspecified atom stereocenters. The van der Waals surface area contributed by atoms with Gasteiger partial charge in [-0.2, -0.15) is 0 Å². The van der Waals surface area contributed by atoms with E-state index in [1.807, 2.05) is 0 Å². The van der Waals surface area contributed by atoms with Crippen LogP contribution in [-0.4, -0.2) is 93.3 Å². The van der Waals surface area contributed by atoms with Crippen LogP contribution in [0.25, 0.3) is 0 Å².